The number of aryl methyl sites for hydroxylation is 2. The van der Waals surface area contributed by atoms with Gasteiger partial charge in [0.2, 0.25) is 0 Å². The molecule has 0 saturated carbocycles. The van der Waals surface area contributed by atoms with Crippen molar-refractivity contribution < 1.29 is 24.2 Å². The Balaban J connectivity index is 1.49. The van der Waals surface area contributed by atoms with E-state index in [2.05, 4.69) is 67.3 Å². The molecule has 1 N–H and O–H groups in total. The maximum Gasteiger partial charge on any atom is 0.307 e. The highest BCUT2D eigenvalue weighted by atomic mass is 33.1. The van der Waals surface area contributed by atoms with Gasteiger partial charge in [0, 0.05) is 35.8 Å². The Morgan fingerprint density at radius 3 is 1.97 bits per heavy atom. The molecule has 0 spiro atoms. The first-order valence-corrected chi connectivity index (χ1v) is 15.3. The number of ether oxygens (including phenoxy) is 2. The monoisotopic (exact) mass is 547 g/mol. The van der Waals surface area contributed by atoms with Crippen LogP contribution in [0, 0.1) is 6.92 Å². The van der Waals surface area contributed by atoms with Gasteiger partial charge in [0.1, 0.15) is 0 Å². The Hall–Kier alpha value is -2.00. The third-order valence-corrected chi connectivity index (χ3v) is 8.22. The lowest BCUT2D eigenvalue weighted by atomic mass is 10.1. The first-order chi connectivity index (χ1) is 18.0. The normalized spacial score (nSPS) is 11.0. The lowest BCUT2D eigenvalue weighted by Gasteiger charge is -2.19. The van der Waals surface area contributed by atoms with Crippen molar-refractivity contribution in [1.82, 2.24) is 4.90 Å². The highest BCUT2D eigenvalue weighted by Crippen LogP contribution is 2.37. The third-order valence-electron chi connectivity index (χ3n) is 5.80. The Bertz CT molecular complexity index is 906. The van der Waals surface area contributed by atoms with Gasteiger partial charge >= 0.3 is 11.9 Å². The molecular weight excluding hydrogens is 506 g/mol. The fourth-order valence-electron chi connectivity index (χ4n) is 3.54. The fourth-order valence-corrected chi connectivity index (χ4v) is 5.47. The van der Waals surface area contributed by atoms with Gasteiger partial charge < -0.3 is 19.5 Å². The number of carbonyl (C=O) groups excluding carboxylic acids is 2. The molecule has 2 aromatic rings. The molecule has 8 heteroatoms. The Morgan fingerprint density at radius 1 is 0.784 bits per heavy atom. The Morgan fingerprint density at radius 2 is 1.38 bits per heavy atom. The predicted octanol–water partition coefficient (Wildman–Crippen LogP) is 6.08. The smallest absolute Gasteiger partial charge is 0.307 e. The van der Waals surface area contributed by atoms with E-state index < -0.39 is 0 Å². The molecule has 0 unspecified atom stereocenters. The van der Waals surface area contributed by atoms with Gasteiger partial charge in [0.05, 0.1) is 19.6 Å². The lowest BCUT2D eigenvalue weighted by molar-refractivity contribution is -0.146. The molecule has 0 saturated heterocycles. The van der Waals surface area contributed by atoms with E-state index >= 15 is 0 Å². The molecule has 0 fully saturated rings. The van der Waals surface area contributed by atoms with E-state index in [-0.39, 0.29) is 31.8 Å². The van der Waals surface area contributed by atoms with Crippen molar-refractivity contribution >= 4 is 33.5 Å². The molecule has 0 atom stereocenters. The van der Waals surface area contributed by atoms with Gasteiger partial charge in [-0.1, -0.05) is 58.3 Å². The minimum Gasteiger partial charge on any atom is -0.466 e. The van der Waals surface area contributed by atoms with Gasteiger partial charge in [0.25, 0.3) is 0 Å². The van der Waals surface area contributed by atoms with Gasteiger partial charge in [-0.3, -0.25) is 9.59 Å². The van der Waals surface area contributed by atoms with Crippen molar-refractivity contribution in [1.29, 1.82) is 0 Å². The van der Waals surface area contributed by atoms with Crippen LogP contribution in [0.25, 0.3) is 0 Å². The van der Waals surface area contributed by atoms with E-state index in [9.17, 15) is 9.59 Å². The number of nitrogens with zero attached hydrogens (tertiary/aromatic N) is 1. The largest absolute Gasteiger partial charge is 0.466 e. The first kappa shape index (κ1) is 31.2. The van der Waals surface area contributed by atoms with Gasteiger partial charge in [-0.15, -0.1) is 0 Å². The van der Waals surface area contributed by atoms with Crippen molar-refractivity contribution in [3.63, 3.8) is 0 Å². The molecule has 0 aliphatic carbocycles. The maximum atomic E-state index is 12.0. The van der Waals surface area contributed by atoms with Crippen molar-refractivity contribution in [3.8, 4) is 0 Å². The number of hydrogen-bond acceptors (Lipinski definition) is 8. The molecule has 204 valence electrons. The summed E-state index contributed by atoms with van der Waals surface area (Å²) in [6, 6.07) is 17.0. The average molecular weight is 548 g/mol. The standard InChI is InChI=1S/C29H41NO5S2/c1-3-30(19-4-5-21-31)20-18-29(33)35-23-7-22-34-28(32)9-6-8-25-12-16-27(17-13-25)37-36-26-14-10-24(2)11-15-26/h10-17,31H,3-9,18-23H2,1-2H3. The number of aliphatic hydroxyl groups is 1. The van der Waals surface area contributed by atoms with Crippen molar-refractivity contribution in [2.24, 2.45) is 0 Å². The van der Waals surface area contributed by atoms with Crippen LogP contribution in [0.1, 0.15) is 56.6 Å². The van der Waals surface area contributed by atoms with Crippen LogP contribution in [0.15, 0.2) is 58.3 Å². The Kier molecular flexibility index (Phi) is 16.1. The number of benzene rings is 2. The second kappa shape index (κ2) is 19.1. The summed E-state index contributed by atoms with van der Waals surface area (Å²) >= 11 is 0. The number of carbonyl (C=O) groups is 2. The summed E-state index contributed by atoms with van der Waals surface area (Å²) in [5.74, 6) is -0.445. The molecule has 0 radical (unpaired) electrons. The van der Waals surface area contributed by atoms with Crippen LogP contribution in [0.4, 0.5) is 0 Å². The summed E-state index contributed by atoms with van der Waals surface area (Å²) in [5.41, 5.74) is 2.47. The molecule has 6 nitrogen and oxygen atoms in total. The molecule has 0 bridgehead atoms. The summed E-state index contributed by atoms with van der Waals surface area (Å²) in [4.78, 5) is 28.5. The number of hydrogen-bond donors (Lipinski definition) is 1. The number of esters is 2. The van der Waals surface area contributed by atoms with E-state index in [0.717, 1.165) is 38.8 Å². The predicted molar refractivity (Wildman–Crippen MR) is 152 cm³/mol. The minimum absolute atomic E-state index is 0.201. The van der Waals surface area contributed by atoms with E-state index in [1.807, 2.05) is 0 Å². The molecule has 37 heavy (non-hydrogen) atoms. The zero-order valence-corrected chi connectivity index (χ0v) is 23.8. The van der Waals surface area contributed by atoms with Crippen molar-refractivity contribution in [3.05, 3.63) is 59.7 Å². The highest BCUT2D eigenvalue weighted by Gasteiger charge is 2.09. The second-order valence-electron chi connectivity index (χ2n) is 8.89. The number of aliphatic hydroxyl groups excluding tert-OH is 1. The minimum atomic E-state index is -0.231. The van der Waals surface area contributed by atoms with Crippen LogP contribution in [-0.4, -0.2) is 61.4 Å². The third kappa shape index (κ3) is 14.5. The fraction of sp³-hybridized carbons (Fsp3) is 0.517. The lowest BCUT2D eigenvalue weighted by Crippen LogP contribution is -2.28. The van der Waals surface area contributed by atoms with E-state index in [0.29, 0.717) is 25.8 Å². The molecule has 0 aliphatic heterocycles. The molecular formula is C29H41NO5S2. The summed E-state index contributed by atoms with van der Waals surface area (Å²) < 4.78 is 10.5. The van der Waals surface area contributed by atoms with Crippen LogP contribution in [0.5, 0.6) is 0 Å². The van der Waals surface area contributed by atoms with Gasteiger partial charge in [-0.2, -0.15) is 0 Å². The number of unbranched alkanes of at least 4 members (excludes halogenated alkanes) is 1. The summed E-state index contributed by atoms with van der Waals surface area (Å²) in [6.45, 7) is 7.27. The van der Waals surface area contributed by atoms with Crippen molar-refractivity contribution in [2.45, 2.75) is 68.6 Å². The summed E-state index contributed by atoms with van der Waals surface area (Å²) in [5, 5.41) is 8.87. The topological polar surface area (TPSA) is 76.1 Å². The van der Waals surface area contributed by atoms with Crippen LogP contribution >= 0.6 is 21.6 Å². The zero-order valence-electron chi connectivity index (χ0n) is 22.2. The average Bonchev–Trinajstić information content (AvgIpc) is 2.91. The van der Waals surface area contributed by atoms with Crippen LogP contribution in [-0.2, 0) is 25.5 Å². The second-order valence-corrected chi connectivity index (χ2v) is 11.2. The van der Waals surface area contributed by atoms with Gasteiger partial charge in [-0.25, -0.2) is 0 Å². The summed E-state index contributed by atoms with van der Waals surface area (Å²) in [7, 11) is 3.49. The van der Waals surface area contributed by atoms with Crippen LogP contribution in [0.2, 0.25) is 0 Å². The molecule has 2 aromatic carbocycles. The molecule has 0 aromatic heterocycles. The molecule has 0 aliphatic rings. The quantitative estimate of drug-likeness (QED) is 0.129. The zero-order chi connectivity index (χ0) is 26.7. The maximum absolute atomic E-state index is 12.0. The van der Waals surface area contributed by atoms with Crippen molar-refractivity contribution in [2.75, 3.05) is 39.5 Å². The van der Waals surface area contributed by atoms with Gasteiger partial charge in [-0.05, 0) is 75.5 Å². The van der Waals surface area contributed by atoms with E-state index in [1.165, 1.54) is 20.9 Å². The van der Waals surface area contributed by atoms with E-state index in [4.69, 9.17) is 14.6 Å². The first-order valence-electron chi connectivity index (χ1n) is 13.1. The Labute approximate surface area is 229 Å². The SMILES string of the molecule is CCN(CCCCO)CCC(=O)OCCCOC(=O)CCCc1ccc(SSc2ccc(C)cc2)cc1. The van der Waals surface area contributed by atoms with E-state index in [1.54, 1.807) is 21.6 Å². The highest BCUT2D eigenvalue weighted by molar-refractivity contribution is 8.76. The molecule has 0 amide bonds. The molecule has 2 rings (SSSR count). The summed E-state index contributed by atoms with van der Waals surface area (Å²) in [6.07, 6.45) is 4.50. The van der Waals surface area contributed by atoms with Crippen LogP contribution < -0.4 is 0 Å². The van der Waals surface area contributed by atoms with Crippen LogP contribution in [0.3, 0.4) is 0 Å². The van der Waals surface area contributed by atoms with Gasteiger partial charge in [0.15, 0.2) is 0 Å². The number of rotatable bonds is 19. The molecule has 0 heterocycles.